The molecule has 6 heteroatoms. The molecule has 1 atom stereocenters. The van der Waals surface area contributed by atoms with Crippen LogP contribution in [0.15, 0.2) is 48.5 Å². The molecule has 2 aromatic carbocycles. The SMILES string of the molecule is COc1ccc(C(=O)CCC(=O)NCC(c2cccc(Cl)c2)N(C)C)cc1. The second-order valence-corrected chi connectivity index (χ2v) is 6.93. The lowest BCUT2D eigenvalue weighted by Crippen LogP contribution is -2.34. The molecular formula is C21H25ClN2O3. The van der Waals surface area contributed by atoms with Gasteiger partial charge in [-0.15, -0.1) is 0 Å². The topological polar surface area (TPSA) is 58.6 Å². The second kappa shape index (κ2) is 10.1. The molecule has 0 aliphatic rings. The molecule has 0 spiro atoms. The number of carbonyl (C=O) groups is 2. The number of likely N-dealkylation sites (N-methyl/N-ethyl adjacent to an activating group) is 1. The Morgan fingerprint density at radius 2 is 1.81 bits per heavy atom. The number of methoxy groups -OCH3 is 1. The fraction of sp³-hybridized carbons (Fsp3) is 0.333. The summed E-state index contributed by atoms with van der Waals surface area (Å²) in [6.07, 6.45) is 0.322. The first-order chi connectivity index (χ1) is 12.9. The molecule has 0 fully saturated rings. The van der Waals surface area contributed by atoms with Crippen LogP contribution in [-0.2, 0) is 4.79 Å². The van der Waals surface area contributed by atoms with Gasteiger partial charge < -0.3 is 15.0 Å². The third-order valence-corrected chi connectivity index (χ3v) is 4.58. The number of carbonyl (C=O) groups excluding carboxylic acids is 2. The molecule has 2 rings (SSSR count). The van der Waals surface area contributed by atoms with Gasteiger partial charge in [0.15, 0.2) is 5.78 Å². The molecule has 0 aliphatic carbocycles. The molecule has 0 aromatic heterocycles. The second-order valence-electron chi connectivity index (χ2n) is 6.49. The van der Waals surface area contributed by atoms with E-state index in [2.05, 4.69) is 5.32 Å². The Bertz CT molecular complexity index is 775. The van der Waals surface area contributed by atoms with E-state index in [-0.39, 0.29) is 30.6 Å². The van der Waals surface area contributed by atoms with E-state index in [0.29, 0.717) is 22.9 Å². The van der Waals surface area contributed by atoms with Gasteiger partial charge in [-0.2, -0.15) is 0 Å². The summed E-state index contributed by atoms with van der Waals surface area (Å²) in [5.41, 5.74) is 1.61. The zero-order chi connectivity index (χ0) is 19.8. The maximum Gasteiger partial charge on any atom is 0.220 e. The summed E-state index contributed by atoms with van der Waals surface area (Å²) < 4.78 is 5.08. The van der Waals surface area contributed by atoms with Crippen molar-refractivity contribution in [2.75, 3.05) is 27.7 Å². The number of ketones is 1. The van der Waals surface area contributed by atoms with Crippen LogP contribution in [0.1, 0.15) is 34.8 Å². The van der Waals surface area contributed by atoms with E-state index in [1.54, 1.807) is 31.4 Å². The molecule has 27 heavy (non-hydrogen) atoms. The molecular weight excluding hydrogens is 364 g/mol. The van der Waals surface area contributed by atoms with E-state index in [9.17, 15) is 9.59 Å². The minimum atomic E-state index is -0.147. The minimum absolute atomic E-state index is 0.00457. The Morgan fingerprint density at radius 3 is 2.41 bits per heavy atom. The van der Waals surface area contributed by atoms with Crippen molar-refractivity contribution in [3.8, 4) is 5.75 Å². The molecule has 144 valence electrons. The summed E-state index contributed by atoms with van der Waals surface area (Å²) in [6.45, 7) is 0.447. The van der Waals surface area contributed by atoms with Crippen molar-refractivity contribution in [3.63, 3.8) is 0 Å². The van der Waals surface area contributed by atoms with Crippen molar-refractivity contribution < 1.29 is 14.3 Å². The highest BCUT2D eigenvalue weighted by Gasteiger charge is 2.16. The quantitative estimate of drug-likeness (QED) is 0.665. The highest BCUT2D eigenvalue weighted by Crippen LogP contribution is 2.21. The Morgan fingerprint density at radius 1 is 1.11 bits per heavy atom. The van der Waals surface area contributed by atoms with E-state index in [0.717, 1.165) is 5.56 Å². The zero-order valence-electron chi connectivity index (χ0n) is 15.9. The summed E-state index contributed by atoms with van der Waals surface area (Å²) in [5.74, 6) is 0.484. The van der Waals surface area contributed by atoms with Crippen molar-refractivity contribution in [2.24, 2.45) is 0 Å². The third-order valence-electron chi connectivity index (χ3n) is 4.34. The zero-order valence-corrected chi connectivity index (χ0v) is 16.6. The average Bonchev–Trinajstić information content (AvgIpc) is 2.66. The van der Waals surface area contributed by atoms with E-state index in [1.165, 1.54) is 0 Å². The van der Waals surface area contributed by atoms with E-state index in [1.807, 2.05) is 43.3 Å². The summed E-state index contributed by atoms with van der Waals surface area (Å²) in [7, 11) is 5.47. The number of halogens is 1. The lowest BCUT2D eigenvalue weighted by molar-refractivity contribution is -0.121. The van der Waals surface area contributed by atoms with E-state index < -0.39 is 0 Å². The Hall–Kier alpha value is -2.37. The van der Waals surface area contributed by atoms with Crippen LogP contribution in [-0.4, -0.2) is 44.3 Å². The molecule has 0 heterocycles. The molecule has 0 radical (unpaired) electrons. The highest BCUT2D eigenvalue weighted by molar-refractivity contribution is 6.30. The van der Waals surface area contributed by atoms with Crippen LogP contribution in [0.2, 0.25) is 5.02 Å². The summed E-state index contributed by atoms with van der Waals surface area (Å²) >= 11 is 6.07. The average molecular weight is 389 g/mol. The number of nitrogens with zero attached hydrogens (tertiary/aromatic N) is 1. The van der Waals surface area contributed by atoms with Crippen molar-refractivity contribution >= 4 is 23.3 Å². The van der Waals surface area contributed by atoms with Gasteiger partial charge in [0, 0.05) is 30.0 Å². The van der Waals surface area contributed by atoms with Gasteiger partial charge in [-0.25, -0.2) is 0 Å². The standard InChI is InChI=1S/C21H25ClN2O3/c1-24(2)19(16-5-4-6-17(22)13-16)14-23-21(26)12-11-20(25)15-7-9-18(27-3)10-8-15/h4-10,13,19H,11-12,14H2,1-3H3,(H,23,26). The molecule has 1 amide bonds. The monoisotopic (exact) mass is 388 g/mol. The van der Waals surface area contributed by atoms with Gasteiger partial charge in [0.1, 0.15) is 5.75 Å². The van der Waals surface area contributed by atoms with Gasteiger partial charge >= 0.3 is 0 Å². The molecule has 0 saturated carbocycles. The van der Waals surface area contributed by atoms with Crippen molar-refractivity contribution in [2.45, 2.75) is 18.9 Å². The van der Waals surface area contributed by atoms with Gasteiger partial charge in [0.2, 0.25) is 5.91 Å². The predicted octanol–water partition coefficient (Wildman–Crippen LogP) is 3.73. The van der Waals surface area contributed by atoms with Crippen LogP contribution >= 0.6 is 11.6 Å². The van der Waals surface area contributed by atoms with Gasteiger partial charge in [-0.3, -0.25) is 9.59 Å². The van der Waals surface area contributed by atoms with Crippen molar-refractivity contribution in [1.29, 1.82) is 0 Å². The summed E-state index contributed by atoms with van der Waals surface area (Å²) in [4.78, 5) is 26.4. The van der Waals surface area contributed by atoms with Crippen LogP contribution in [0.4, 0.5) is 0 Å². The number of ether oxygens (including phenoxy) is 1. The molecule has 1 unspecified atom stereocenters. The van der Waals surface area contributed by atoms with Crippen LogP contribution in [0.25, 0.3) is 0 Å². The first-order valence-corrected chi connectivity index (χ1v) is 9.14. The van der Waals surface area contributed by atoms with Crippen LogP contribution in [0.5, 0.6) is 5.75 Å². The number of nitrogens with one attached hydrogen (secondary N) is 1. The number of Topliss-reactive ketones (excluding diaryl/α,β-unsaturated/α-hetero) is 1. The van der Waals surface area contributed by atoms with Crippen LogP contribution < -0.4 is 10.1 Å². The molecule has 0 aliphatic heterocycles. The van der Waals surface area contributed by atoms with Crippen molar-refractivity contribution in [1.82, 2.24) is 10.2 Å². The number of rotatable bonds is 9. The van der Waals surface area contributed by atoms with E-state index in [4.69, 9.17) is 16.3 Å². The molecule has 0 saturated heterocycles. The predicted molar refractivity (Wildman–Crippen MR) is 107 cm³/mol. The lowest BCUT2D eigenvalue weighted by Gasteiger charge is -2.25. The summed E-state index contributed by atoms with van der Waals surface area (Å²) in [5, 5.41) is 3.57. The molecule has 1 N–H and O–H groups in total. The van der Waals surface area contributed by atoms with Gasteiger partial charge in [0.05, 0.1) is 13.2 Å². The van der Waals surface area contributed by atoms with Gasteiger partial charge in [-0.05, 0) is 56.1 Å². The highest BCUT2D eigenvalue weighted by atomic mass is 35.5. The Labute approximate surface area is 165 Å². The lowest BCUT2D eigenvalue weighted by atomic mass is 10.0. The maximum atomic E-state index is 12.2. The minimum Gasteiger partial charge on any atom is -0.497 e. The Balaban J connectivity index is 1.85. The first-order valence-electron chi connectivity index (χ1n) is 8.76. The smallest absolute Gasteiger partial charge is 0.220 e. The third kappa shape index (κ3) is 6.38. The van der Waals surface area contributed by atoms with Crippen molar-refractivity contribution in [3.05, 3.63) is 64.7 Å². The maximum absolute atomic E-state index is 12.2. The van der Waals surface area contributed by atoms with Gasteiger partial charge in [0.25, 0.3) is 0 Å². The fourth-order valence-corrected chi connectivity index (χ4v) is 2.96. The number of hydrogen-bond acceptors (Lipinski definition) is 4. The summed E-state index contributed by atoms with van der Waals surface area (Å²) in [6, 6.07) is 14.5. The number of hydrogen-bond donors (Lipinski definition) is 1. The largest absolute Gasteiger partial charge is 0.497 e. The van der Waals surface area contributed by atoms with Crippen LogP contribution in [0, 0.1) is 0 Å². The fourth-order valence-electron chi connectivity index (χ4n) is 2.76. The Kier molecular flexibility index (Phi) is 7.82. The number of amides is 1. The van der Waals surface area contributed by atoms with Crippen LogP contribution in [0.3, 0.4) is 0 Å². The van der Waals surface area contributed by atoms with Gasteiger partial charge in [-0.1, -0.05) is 23.7 Å². The van der Waals surface area contributed by atoms with E-state index >= 15 is 0 Å². The molecule has 2 aromatic rings. The number of benzene rings is 2. The first kappa shape index (κ1) is 20.9. The molecule has 0 bridgehead atoms. The normalized spacial score (nSPS) is 11.9. The molecule has 5 nitrogen and oxygen atoms in total.